The highest BCUT2D eigenvalue weighted by atomic mass is 16.6. The Labute approximate surface area is 199 Å². The van der Waals surface area contributed by atoms with Crippen LogP contribution < -0.4 is 24.3 Å². The van der Waals surface area contributed by atoms with Crippen molar-refractivity contribution in [3.8, 4) is 23.0 Å². The summed E-state index contributed by atoms with van der Waals surface area (Å²) in [6, 6.07) is 20.7. The maximum Gasteiger partial charge on any atom is 0.261 e. The number of benzene rings is 3. The third-order valence-corrected chi connectivity index (χ3v) is 4.83. The van der Waals surface area contributed by atoms with Crippen molar-refractivity contribution in [3.05, 3.63) is 83.4 Å². The summed E-state index contributed by atoms with van der Waals surface area (Å²) in [6.45, 7) is 0.555. The van der Waals surface area contributed by atoms with Gasteiger partial charge in [-0.3, -0.25) is 4.79 Å². The molecule has 0 bridgehead atoms. The Bertz CT molecular complexity index is 1100. The molecule has 0 aliphatic carbocycles. The number of hydrogen-bond donors (Lipinski definition) is 1. The van der Waals surface area contributed by atoms with Crippen molar-refractivity contribution >= 4 is 12.1 Å². The van der Waals surface area contributed by atoms with Crippen molar-refractivity contribution in [2.24, 2.45) is 5.16 Å². The Morgan fingerprint density at radius 2 is 1.53 bits per heavy atom. The number of rotatable bonds is 12. The summed E-state index contributed by atoms with van der Waals surface area (Å²) >= 11 is 0. The number of carbonyl (C=O) groups excluding carboxylic acids is 1. The molecule has 1 N–H and O–H groups in total. The predicted molar refractivity (Wildman–Crippen MR) is 129 cm³/mol. The first kappa shape index (κ1) is 24.4. The molecule has 0 aliphatic rings. The van der Waals surface area contributed by atoms with Gasteiger partial charge >= 0.3 is 0 Å². The van der Waals surface area contributed by atoms with E-state index >= 15 is 0 Å². The Hall–Kier alpha value is -4.20. The monoisotopic (exact) mass is 464 g/mol. The summed E-state index contributed by atoms with van der Waals surface area (Å²) in [5.74, 6) is 2.13. The SMILES string of the molecule is COc1ccc(CNC(=O)CO/N=C/c2ccc(OCc3ccccc3)c(OC)c2)cc1OC. The van der Waals surface area contributed by atoms with Crippen LogP contribution in [0.5, 0.6) is 23.0 Å². The van der Waals surface area contributed by atoms with Crippen molar-refractivity contribution in [2.45, 2.75) is 13.2 Å². The zero-order valence-corrected chi connectivity index (χ0v) is 19.4. The third-order valence-electron chi connectivity index (χ3n) is 4.83. The molecule has 178 valence electrons. The number of methoxy groups -OCH3 is 3. The van der Waals surface area contributed by atoms with E-state index in [0.29, 0.717) is 36.1 Å². The fourth-order valence-corrected chi connectivity index (χ4v) is 3.06. The number of hydrogen-bond acceptors (Lipinski definition) is 7. The number of nitrogens with one attached hydrogen (secondary N) is 1. The molecule has 0 saturated carbocycles. The van der Waals surface area contributed by atoms with Crippen LogP contribution >= 0.6 is 0 Å². The first-order valence-electron chi connectivity index (χ1n) is 10.6. The molecule has 8 heteroatoms. The minimum atomic E-state index is -0.297. The standard InChI is InChI=1S/C26H28N2O6/c1-30-22-11-9-20(13-24(22)31-2)15-27-26(29)18-34-28-16-21-10-12-23(25(14-21)32-3)33-17-19-7-5-4-6-8-19/h4-14,16H,15,17-18H2,1-3H3,(H,27,29)/b28-16+. The van der Waals surface area contributed by atoms with Crippen LogP contribution in [0.3, 0.4) is 0 Å². The molecule has 0 saturated heterocycles. The molecule has 3 rings (SSSR count). The van der Waals surface area contributed by atoms with Gasteiger partial charge in [-0.25, -0.2) is 0 Å². The van der Waals surface area contributed by atoms with E-state index in [0.717, 1.165) is 16.7 Å². The van der Waals surface area contributed by atoms with Crippen LogP contribution in [0, 0.1) is 0 Å². The zero-order chi connectivity index (χ0) is 24.2. The second kappa shape index (κ2) is 12.7. The van der Waals surface area contributed by atoms with Crippen LogP contribution in [0.4, 0.5) is 0 Å². The minimum Gasteiger partial charge on any atom is -0.493 e. The summed E-state index contributed by atoms with van der Waals surface area (Å²) in [5.41, 5.74) is 2.68. The largest absolute Gasteiger partial charge is 0.493 e. The van der Waals surface area contributed by atoms with Gasteiger partial charge in [-0.2, -0.15) is 0 Å². The van der Waals surface area contributed by atoms with Gasteiger partial charge in [-0.1, -0.05) is 41.6 Å². The highest BCUT2D eigenvalue weighted by Gasteiger charge is 2.08. The molecule has 0 aromatic heterocycles. The Morgan fingerprint density at radius 1 is 0.824 bits per heavy atom. The quantitative estimate of drug-likeness (QED) is 0.323. The Morgan fingerprint density at radius 3 is 2.26 bits per heavy atom. The van der Waals surface area contributed by atoms with Crippen molar-refractivity contribution in [1.29, 1.82) is 0 Å². The topological polar surface area (TPSA) is 87.6 Å². The van der Waals surface area contributed by atoms with Gasteiger partial charge in [0.05, 0.1) is 27.5 Å². The Kier molecular flexibility index (Phi) is 9.16. The first-order valence-corrected chi connectivity index (χ1v) is 10.6. The summed E-state index contributed by atoms with van der Waals surface area (Å²) in [7, 11) is 4.71. The summed E-state index contributed by atoms with van der Waals surface area (Å²) in [5, 5.41) is 6.64. The maximum atomic E-state index is 12.0. The second-order valence-electron chi connectivity index (χ2n) is 7.16. The van der Waals surface area contributed by atoms with Crippen LogP contribution in [0.15, 0.2) is 71.9 Å². The highest BCUT2D eigenvalue weighted by Crippen LogP contribution is 2.29. The van der Waals surface area contributed by atoms with Crippen LogP contribution in [0.25, 0.3) is 0 Å². The van der Waals surface area contributed by atoms with E-state index in [-0.39, 0.29) is 12.5 Å². The van der Waals surface area contributed by atoms with E-state index < -0.39 is 0 Å². The summed E-state index contributed by atoms with van der Waals surface area (Å²) in [6.07, 6.45) is 1.51. The van der Waals surface area contributed by atoms with E-state index in [1.54, 1.807) is 45.6 Å². The molecule has 3 aromatic carbocycles. The average Bonchev–Trinajstić information content (AvgIpc) is 2.89. The van der Waals surface area contributed by atoms with Gasteiger partial charge in [0.15, 0.2) is 29.6 Å². The number of carbonyl (C=O) groups is 1. The number of oxime groups is 1. The van der Waals surface area contributed by atoms with E-state index in [2.05, 4.69) is 10.5 Å². The lowest BCUT2D eigenvalue weighted by molar-refractivity contribution is -0.125. The van der Waals surface area contributed by atoms with Crippen LogP contribution in [0.2, 0.25) is 0 Å². The maximum absolute atomic E-state index is 12.0. The lowest BCUT2D eigenvalue weighted by Crippen LogP contribution is -2.26. The molecule has 1 amide bonds. The molecular weight excluding hydrogens is 436 g/mol. The van der Waals surface area contributed by atoms with Gasteiger partial charge in [0.1, 0.15) is 6.61 Å². The van der Waals surface area contributed by atoms with Crippen molar-refractivity contribution in [3.63, 3.8) is 0 Å². The second-order valence-corrected chi connectivity index (χ2v) is 7.16. The van der Waals surface area contributed by atoms with E-state index in [1.807, 2.05) is 42.5 Å². The molecule has 0 atom stereocenters. The number of ether oxygens (including phenoxy) is 4. The molecule has 0 radical (unpaired) electrons. The van der Waals surface area contributed by atoms with Gasteiger partial charge in [-0.05, 0) is 41.5 Å². The van der Waals surface area contributed by atoms with Gasteiger partial charge in [0, 0.05) is 12.1 Å². The van der Waals surface area contributed by atoms with Crippen LogP contribution in [0.1, 0.15) is 16.7 Å². The molecule has 8 nitrogen and oxygen atoms in total. The Balaban J connectivity index is 1.46. The molecule has 3 aromatic rings. The number of nitrogens with zero attached hydrogens (tertiary/aromatic N) is 1. The van der Waals surface area contributed by atoms with Crippen molar-refractivity contribution < 1.29 is 28.6 Å². The molecule has 0 aliphatic heterocycles. The molecule has 34 heavy (non-hydrogen) atoms. The molecule has 0 heterocycles. The first-order chi connectivity index (χ1) is 16.6. The lowest BCUT2D eigenvalue weighted by atomic mass is 10.2. The normalized spacial score (nSPS) is 10.6. The van der Waals surface area contributed by atoms with Gasteiger partial charge in [-0.15, -0.1) is 0 Å². The fourth-order valence-electron chi connectivity index (χ4n) is 3.06. The highest BCUT2D eigenvalue weighted by molar-refractivity contribution is 5.81. The predicted octanol–water partition coefficient (Wildman–Crippen LogP) is 3.96. The van der Waals surface area contributed by atoms with Crippen LogP contribution in [-0.4, -0.2) is 40.1 Å². The summed E-state index contributed by atoms with van der Waals surface area (Å²) in [4.78, 5) is 17.2. The molecule has 0 spiro atoms. The van der Waals surface area contributed by atoms with E-state index in [9.17, 15) is 4.79 Å². The van der Waals surface area contributed by atoms with Gasteiger partial charge in [0.25, 0.3) is 5.91 Å². The summed E-state index contributed by atoms with van der Waals surface area (Å²) < 4.78 is 21.7. The van der Waals surface area contributed by atoms with Crippen molar-refractivity contribution in [2.75, 3.05) is 27.9 Å². The molecular formula is C26H28N2O6. The van der Waals surface area contributed by atoms with Gasteiger partial charge < -0.3 is 29.1 Å². The average molecular weight is 465 g/mol. The zero-order valence-electron chi connectivity index (χ0n) is 19.4. The fraction of sp³-hybridized carbons (Fsp3) is 0.231. The van der Waals surface area contributed by atoms with E-state index in [1.165, 1.54) is 6.21 Å². The van der Waals surface area contributed by atoms with E-state index in [4.69, 9.17) is 23.8 Å². The smallest absolute Gasteiger partial charge is 0.261 e. The van der Waals surface area contributed by atoms with Crippen LogP contribution in [-0.2, 0) is 22.8 Å². The molecule has 0 unspecified atom stereocenters. The molecule has 0 fully saturated rings. The number of amides is 1. The van der Waals surface area contributed by atoms with Gasteiger partial charge in [0.2, 0.25) is 0 Å². The third kappa shape index (κ3) is 7.16. The minimum absolute atomic E-state index is 0.209. The lowest BCUT2D eigenvalue weighted by Gasteiger charge is -2.11. The van der Waals surface area contributed by atoms with Crippen molar-refractivity contribution in [1.82, 2.24) is 5.32 Å².